The van der Waals surface area contributed by atoms with E-state index in [-0.39, 0.29) is 0 Å². The summed E-state index contributed by atoms with van der Waals surface area (Å²) in [4.78, 5) is 14.7. The molecule has 0 amide bonds. The first-order valence-electron chi connectivity index (χ1n) is 12.7. The summed E-state index contributed by atoms with van der Waals surface area (Å²) < 4.78 is 1.89. The lowest BCUT2D eigenvalue weighted by Crippen LogP contribution is -2.38. The number of nitrogens with zero attached hydrogens (tertiary/aromatic N) is 4. The van der Waals surface area contributed by atoms with E-state index in [9.17, 15) is 0 Å². The Kier molecular flexibility index (Phi) is 6.05. The van der Waals surface area contributed by atoms with Crippen LogP contribution in [0.2, 0.25) is 0 Å². The lowest BCUT2D eigenvalue weighted by molar-refractivity contribution is 0.294. The number of thiazole rings is 1. The molecule has 0 atom stereocenters. The number of rotatable bonds is 5. The van der Waals surface area contributed by atoms with Gasteiger partial charge in [-0.1, -0.05) is 34.6 Å². The molecular formula is C27H38N6S. The minimum absolute atomic E-state index is 0.339. The van der Waals surface area contributed by atoms with Crippen molar-refractivity contribution in [3.8, 4) is 11.3 Å². The molecule has 7 heteroatoms. The fraction of sp³-hybridized carbons (Fsp3) is 0.593. The summed E-state index contributed by atoms with van der Waals surface area (Å²) in [6.45, 7) is 16.8. The minimum Gasteiger partial charge on any atom is -0.345 e. The monoisotopic (exact) mass is 478 g/mol. The van der Waals surface area contributed by atoms with Crippen molar-refractivity contribution in [2.75, 3.05) is 6.54 Å². The number of aromatic amines is 1. The summed E-state index contributed by atoms with van der Waals surface area (Å²) in [5, 5.41) is 9.50. The highest BCUT2D eigenvalue weighted by Gasteiger charge is 2.28. The number of aromatic nitrogens is 5. The first-order valence-corrected chi connectivity index (χ1v) is 13.5. The van der Waals surface area contributed by atoms with Gasteiger partial charge in [-0.25, -0.2) is 14.5 Å². The van der Waals surface area contributed by atoms with Crippen molar-refractivity contribution in [1.29, 1.82) is 0 Å². The summed E-state index contributed by atoms with van der Waals surface area (Å²) in [5.74, 6) is 0.958. The van der Waals surface area contributed by atoms with Crippen LogP contribution in [-0.2, 0) is 0 Å². The van der Waals surface area contributed by atoms with Crippen LogP contribution in [0.1, 0.15) is 93.8 Å². The van der Waals surface area contributed by atoms with E-state index in [2.05, 4.69) is 75.0 Å². The molecule has 182 valence electrons. The first-order chi connectivity index (χ1) is 16.1. The molecule has 1 aliphatic carbocycles. The predicted molar refractivity (Wildman–Crippen MR) is 142 cm³/mol. The molecule has 0 spiro atoms. The Balaban J connectivity index is 1.43. The molecule has 0 radical (unpaired) electrons. The highest BCUT2D eigenvalue weighted by molar-refractivity contribution is 7.18. The second-order valence-corrected chi connectivity index (χ2v) is 12.6. The van der Waals surface area contributed by atoms with Crippen molar-refractivity contribution in [2.45, 2.75) is 92.0 Å². The Morgan fingerprint density at radius 2 is 1.88 bits per heavy atom. The maximum Gasteiger partial charge on any atom is 0.158 e. The Bertz CT molecular complexity index is 1310. The molecule has 6 nitrogen and oxygen atoms in total. The highest BCUT2D eigenvalue weighted by atomic mass is 32.1. The average Bonchev–Trinajstić information content (AvgIpc) is 3.48. The molecule has 1 aliphatic rings. The fourth-order valence-electron chi connectivity index (χ4n) is 5.30. The van der Waals surface area contributed by atoms with Crippen LogP contribution >= 0.6 is 11.3 Å². The van der Waals surface area contributed by atoms with Gasteiger partial charge in [0.25, 0.3) is 0 Å². The van der Waals surface area contributed by atoms with Crippen molar-refractivity contribution in [2.24, 2.45) is 5.41 Å². The zero-order valence-electron chi connectivity index (χ0n) is 21.6. The molecule has 1 fully saturated rings. The van der Waals surface area contributed by atoms with E-state index in [0.717, 1.165) is 17.7 Å². The van der Waals surface area contributed by atoms with Crippen LogP contribution in [0.5, 0.6) is 0 Å². The van der Waals surface area contributed by atoms with Crippen molar-refractivity contribution < 1.29 is 0 Å². The van der Waals surface area contributed by atoms with Crippen LogP contribution in [0.25, 0.3) is 27.3 Å². The van der Waals surface area contributed by atoms with Crippen LogP contribution in [0.4, 0.5) is 0 Å². The van der Waals surface area contributed by atoms with Gasteiger partial charge in [-0.05, 0) is 62.0 Å². The number of fused-ring (bicyclic) bond motifs is 2. The first kappa shape index (κ1) is 23.5. The number of H-pyrrole nitrogens is 1. The average molecular weight is 479 g/mol. The number of nitrogens with one attached hydrogen (secondary N) is 2. The Hall–Kier alpha value is -2.25. The van der Waals surface area contributed by atoms with Gasteiger partial charge in [-0.15, -0.1) is 11.3 Å². The second-order valence-electron chi connectivity index (χ2n) is 11.6. The van der Waals surface area contributed by atoms with Crippen molar-refractivity contribution in [1.82, 2.24) is 29.9 Å². The lowest BCUT2D eigenvalue weighted by Gasteiger charge is -2.30. The Labute approximate surface area is 206 Å². The third-order valence-electron chi connectivity index (χ3n) is 7.38. The van der Waals surface area contributed by atoms with Crippen LogP contribution in [0.3, 0.4) is 0 Å². The molecule has 0 unspecified atom stereocenters. The van der Waals surface area contributed by atoms with Gasteiger partial charge in [0.2, 0.25) is 0 Å². The van der Waals surface area contributed by atoms with Crippen LogP contribution < -0.4 is 5.32 Å². The topological polar surface area (TPSA) is 70.9 Å². The van der Waals surface area contributed by atoms with Gasteiger partial charge < -0.3 is 10.3 Å². The predicted octanol–water partition coefficient (Wildman–Crippen LogP) is 6.74. The quantitative estimate of drug-likeness (QED) is 0.333. The van der Waals surface area contributed by atoms with Gasteiger partial charge >= 0.3 is 0 Å². The van der Waals surface area contributed by atoms with Gasteiger partial charge in [0.1, 0.15) is 16.7 Å². The molecule has 1 saturated carbocycles. The highest BCUT2D eigenvalue weighted by Crippen LogP contribution is 2.43. The van der Waals surface area contributed by atoms with Crippen LogP contribution in [0, 0.1) is 19.3 Å². The summed E-state index contributed by atoms with van der Waals surface area (Å²) in [5.41, 5.74) is 8.54. The van der Waals surface area contributed by atoms with E-state index < -0.39 is 0 Å². The summed E-state index contributed by atoms with van der Waals surface area (Å²) in [7, 11) is 0. The smallest absolute Gasteiger partial charge is 0.158 e. The maximum absolute atomic E-state index is 5.25. The van der Waals surface area contributed by atoms with Gasteiger partial charge in [0.15, 0.2) is 5.65 Å². The van der Waals surface area contributed by atoms with Gasteiger partial charge in [0, 0.05) is 35.8 Å². The number of hydrogen-bond acceptors (Lipinski definition) is 5. The normalized spacial score (nSPS) is 19.6. The fourth-order valence-corrected chi connectivity index (χ4v) is 6.46. The van der Waals surface area contributed by atoms with Gasteiger partial charge in [-0.2, -0.15) is 5.10 Å². The number of pyridine rings is 1. The van der Waals surface area contributed by atoms with E-state index >= 15 is 0 Å². The molecule has 5 rings (SSSR count). The molecule has 2 N–H and O–H groups in total. The van der Waals surface area contributed by atoms with Crippen LogP contribution in [-0.4, -0.2) is 37.2 Å². The maximum atomic E-state index is 5.25. The Morgan fingerprint density at radius 3 is 2.56 bits per heavy atom. The van der Waals surface area contributed by atoms with E-state index in [1.54, 1.807) is 6.33 Å². The van der Waals surface area contributed by atoms with Crippen LogP contribution in [0.15, 0.2) is 12.5 Å². The Morgan fingerprint density at radius 1 is 1.15 bits per heavy atom. The standard InChI is InChI=1S/C27H38N6S/c1-15(2)21-22(20-12-33-24(29-14-30-33)17(4)16(20)3)31-26-23(21)32-25(34-26)18-8-10-19(11-9-18)28-13-27(5,6)7/h12,14-15,18-19,28,31H,8-11,13H2,1-7H3. The van der Waals surface area contributed by atoms with E-state index in [1.807, 2.05) is 15.9 Å². The molecule has 4 heterocycles. The third kappa shape index (κ3) is 4.29. The molecule has 0 aromatic carbocycles. The zero-order chi connectivity index (χ0) is 24.2. The minimum atomic E-state index is 0.339. The van der Waals surface area contributed by atoms with Crippen molar-refractivity contribution in [3.63, 3.8) is 0 Å². The molecule has 0 bridgehead atoms. The van der Waals surface area contributed by atoms with Crippen molar-refractivity contribution >= 4 is 27.3 Å². The molecule has 0 aliphatic heterocycles. The summed E-state index contributed by atoms with van der Waals surface area (Å²) in [6, 6.07) is 0.649. The summed E-state index contributed by atoms with van der Waals surface area (Å²) >= 11 is 1.86. The van der Waals surface area contributed by atoms with E-state index in [4.69, 9.17) is 4.98 Å². The van der Waals surface area contributed by atoms with E-state index in [1.165, 1.54) is 63.5 Å². The lowest BCUT2D eigenvalue weighted by atomic mass is 9.85. The molecule has 4 aromatic rings. The molecule has 34 heavy (non-hydrogen) atoms. The van der Waals surface area contributed by atoms with Gasteiger partial charge in [-0.3, -0.25) is 0 Å². The largest absolute Gasteiger partial charge is 0.345 e. The second kappa shape index (κ2) is 8.76. The summed E-state index contributed by atoms with van der Waals surface area (Å²) in [6.07, 6.45) is 8.67. The van der Waals surface area contributed by atoms with Crippen molar-refractivity contribution in [3.05, 3.63) is 34.2 Å². The van der Waals surface area contributed by atoms with E-state index in [0.29, 0.717) is 23.3 Å². The van der Waals surface area contributed by atoms with Gasteiger partial charge in [0.05, 0.1) is 10.7 Å². The number of hydrogen-bond donors (Lipinski definition) is 2. The molecule has 4 aromatic heterocycles. The third-order valence-corrected chi connectivity index (χ3v) is 8.51. The molecule has 0 saturated heterocycles. The number of aryl methyl sites for hydroxylation is 1. The SMILES string of the molecule is Cc1c(-c2[nH]c3sc(C4CCC(NCC(C)(C)C)CC4)nc3c2C(C)C)cn2ncnc2c1C. The molecular weight excluding hydrogens is 440 g/mol. The zero-order valence-corrected chi connectivity index (χ0v) is 22.4.